The van der Waals surface area contributed by atoms with Crippen LogP contribution in [0, 0.1) is 0 Å². The first-order valence-corrected chi connectivity index (χ1v) is 8.22. The molecule has 0 fully saturated rings. The molecule has 0 radical (unpaired) electrons. The van der Waals surface area contributed by atoms with E-state index < -0.39 is 0 Å². The van der Waals surface area contributed by atoms with Crippen LogP contribution < -0.4 is 5.32 Å². The van der Waals surface area contributed by atoms with E-state index in [0.29, 0.717) is 0 Å². The van der Waals surface area contributed by atoms with Gasteiger partial charge in [0.15, 0.2) is 0 Å². The lowest BCUT2D eigenvalue weighted by Gasteiger charge is -2.31. The summed E-state index contributed by atoms with van der Waals surface area (Å²) in [5, 5.41) is 4.67. The molecule has 0 unspecified atom stereocenters. The Labute approximate surface area is 125 Å². The molecule has 0 saturated carbocycles. The summed E-state index contributed by atoms with van der Waals surface area (Å²) in [4.78, 5) is 6.33. The fraction of sp³-hybridized carbons (Fsp3) is 0.471. The molecule has 1 aromatic carbocycles. The molecule has 0 amide bonds. The predicted molar refractivity (Wildman–Crippen MR) is 86.3 cm³/mol. The van der Waals surface area contributed by atoms with Gasteiger partial charge in [-0.1, -0.05) is 45.0 Å². The van der Waals surface area contributed by atoms with Gasteiger partial charge in [0, 0.05) is 17.0 Å². The van der Waals surface area contributed by atoms with Gasteiger partial charge >= 0.3 is 0 Å². The lowest BCUT2D eigenvalue weighted by molar-refractivity contribution is 0.521. The maximum Gasteiger partial charge on any atom is 0.107 e. The molecule has 106 valence electrons. The van der Waals surface area contributed by atoms with E-state index in [-0.39, 0.29) is 5.41 Å². The third kappa shape index (κ3) is 2.40. The van der Waals surface area contributed by atoms with Crippen LogP contribution in [0.5, 0.6) is 0 Å². The Morgan fingerprint density at radius 2 is 2.10 bits per heavy atom. The van der Waals surface area contributed by atoms with E-state index in [9.17, 15) is 0 Å². The number of thiazole rings is 1. The topological polar surface area (TPSA) is 24.9 Å². The first-order valence-electron chi connectivity index (χ1n) is 7.41. The van der Waals surface area contributed by atoms with Gasteiger partial charge in [0.25, 0.3) is 0 Å². The summed E-state index contributed by atoms with van der Waals surface area (Å²) >= 11 is 1.88. The van der Waals surface area contributed by atoms with Crippen molar-refractivity contribution in [3.8, 4) is 11.3 Å². The minimum Gasteiger partial charge on any atom is -0.310 e. The number of aromatic nitrogens is 1. The van der Waals surface area contributed by atoms with Gasteiger partial charge in [-0.25, -0.2) is 4.98 Å². The van der Waals surface area contributed by atoms with E-state index in [1.165, 1.54) is 33.1 Å². The fourth-order valence-corrected chi connectivity index (χ4v) is 4.24. The van der Waals surface area contributed by atoms with Crippen LogP contribution in [-0.2, 0) is 18.4 Å². The molecule has 1 aliphatic carbocycles. The number of hydrogen-bond acceptors (Lipinski definition) is 3. The van der Waals surface area contributed by atoms with Crippen LogP contribution in [0.2, 0.25) is 0 Å². The summed E-state index contributed by atoms with van der Waals surface area (Å²) in [6, 6.07) is 8.74. The Balaban J connectivity index is 1.97. The van der Waals surface area contributed by atoms with E-state index in [2.05, 4.69) is 50.4 Å². The first-order chi connectivity index (χ1) is 9.62. The number of rotatable bonds is 4. The van der Waals surface area contributed by atoms with Crippen LogP contribution in [0.25, 0.3) is 11.3 Å². The molecule has 1 N–H and O–H groups in total. The zero-order valence-corrected chi connectivity index (χ0v) is 13.3. The van der Waals surface area contributed by atoms with Crippen LogP contribution in [0.1, 0.15) is 42.6 Å². The van der Waals surface area contributed by atoms with Crippen LogP contribution in [0.15, 0.2) is 24.3 Å². The van der Waals surface area contributed by atoms with Gasteiger partial charge in [0.2, 0.25) is 0 Å². The second kappa shape index (κ2) is 5.30. The van der Waals surface area contributed by atoms with Gasteiger partial charge in [0.05, 0.1) is 5.69 Å². The molecule has 0 atom stereocenters. The number of nitrogens with zero attached hydrogens (tertiary/aromatic N) is 1. The highest BCUT2D eigenvalue weighted by molar-refractivity contribution is 7.12. The maximum atomic E-state index is 4.89. The molecule has 0 saturated heterocycles. The van der Waals surface area contributed by atoms with Crippen molar-refractivity contribution in [3.05, 3.63) is 39.7 Å². The van der Waals surface area contributed by atoms with Gasteiger partial charge < -0.3 is 5.32 Å². The van der Waals surface area contributed by atoms with Crippen molar-refractivity contribution >= 4 is 11.3 Å². The highest BCUT2D eigenvalue weighted by Gasteiger charge is 2.32. The molecule has 2 nitrogen and oxygen atoms in total. The third-order valence-corrected chi connectivity index (χ3v) is 5.01. The second-order valence-electron chi connectivity index (χ2n) is 6.16. The second-order valence-corrected chi connectivity index (χ2v) is 7.33. The van der Waals surface area contributed by atoms with Crippen molar-refractivity contribution < 1.29 is 0 Å². The Morgan fingerprint density at radius 3 is 2.90 bits per heavy atom. The Morgan fingerprint density at radius 1 is 1.30 bits per heavy atom. The molecule has 1 aromatic heterocycles. The van der Waals surface area contributed by atoms with Crippen LogP contribution in [0.3, 0.4) is 0 Å². The molecule has 3 rings (SSSR count). The largest absolute Gasteiger partial charge is 0.310 e. The number of benzene rings is 1. The molecule has 3 heteroatoms. The number of fused-ring (bicyclic) bond motifs is 3. The molecule has 0 aliphatic heterocycles. The quantitative estimate of drug-likeness (QED) is 0.854. The average Bonchev–Trinajstić information content (AvgIpc) is 2.81. The van der Waals surface area contributed by atoms with Gasteiger partial charge in [-0.15, -0.1) is 11.3 Å². The number of hydrogen-bond donors (Lipinski definition) is 1. The monoisotopic (exact) mass is 286 g/mol. The highest BCUT2D eigenvalue weighted by atomic mass is 32.1. The summed E-state index contributed by atoms with van der Waals surface area (Å²) in [5.74, 6) is 0. The van der Waals surface area contributed by atoms with E-state index in [1.54, 1.807) is 0 Å². The van der Waals surface area contributed by atoms with Gasteiger partial charge in [-0.05, 0) is 30.4 Å². The average molecular weight is 286 g/mol. The number of nitrogens with one attached hydrogen (secondary N) is 1. The molecule has 1 heterocycles. The predicted octanol–water partition coefficient (Wildman–Crippen LogP) is 4.14. The van der Waals surface area contributed by atoms with Crippen molar-refractivity contribution in [2.24, 2.45) is 0 Å². The SMILES string of the molecule is CCCNCc1nc2c(s1)CC(C)(C)c1ccccc1-2. The molecule has 2 aromatic rings. The normalized spacial score (nSPS) is 15.8. The molecule has 0 spiro atoms. The van der Waals surface area contributed by atoms with Crippen LogP contribution in [-0.4, -0.2) is 11.5 Å². The summed E-state index contributed by atoms with van der Waals surface area (Å²) < 4.78 is 0. The van der Waals surface area contributed by atoms with Crippen LogP contribution >= 0.6 is 11.3 Å². The molecular weight excluding hydrogens is 264 g/mol. The smallest absolute Gasteiger partial charge is 0.107 e. The van der Waals surface area contributed by atoms with Crippen molar-refractivity contribution in [2.75, 3.05) is 6.54 Å². The van der Waals surface area contributed by atoms with Crippen molar-refractivity contribution in [1.29, 1.82) is 0 Å². The zero-order valence-electron chi connectivity index (χ0n) is 12.5. The van der Waals surface area contributed by atoms with Crippen molar-refractivity contribution in [1.82, 2.24) is 10.3 Å². The Hall–Kier alpha value is -1.19. The Kier molecular flexibility index (Phi) is 3.65. The minimum atomic E-state index is 0.213. The Bertz CT molecular complexity index is 613. The minimum absolute atomic E-state index is 0.213. The molecule has 1 aliphatic rings. The van der Waals surface area contributed by atoms with Crippen LogP contribution in [0.4, 0.5) is 0 Å². The van der Waals surface area contributed by atoms with E-state index >= 15 is 0 Å². The molecule has 0 bridgehead atoms. The summed E-state index contributed by atoms with van der Waals surface area (Å²) in [6.07, 6.45) is 2.27. The van der Waals surface area contributed by atoms with Crippen molar-refractivity contribution in [2.45, 2.75) is 45.6 Å². The van der Waals surface area contributed by atoms with Gasteiger partial charge in [-0.2, -0.15) is 0 Å². The summed E-state index contributed by atoms with van der Waals surface area (Å²) in [6.45, 7) is 8.83. The molecular formula is C17H22N2S. The van der Waals surface area contributed by atoms with Gasteiger partial charge in [-0.3, -0.25) is 0 Å². The highest BCUT2D eigenvalue weighted by Crippen LogP contribution is 2.44. The first kappa shape index (κ1) is 13.8. The lowest BCUT2D eigenvalue weighted by atomic mass is 9.74. The lowest BCUT2D eigenvalue weighted by Crippen LogP contribution is -2.24. The van der Waals surface area contributed by atoms with E-state index in [1.807, 2.05) is 11.3 Å². The van der Waals surface area contributed by atoms with E-state index in [4.69, 9.17) is 4.98 Å². The van der Waals surface area contributed by atoms with Crippen molar-refractivity contribution in [3.63, 3.8) is 0 Å². The summed E-state index contributed by atoms with van der Waals surface area (Å²) in [7, 11) is 0. The zero-order chi connectivity index (χ0) is 14.2. The van der Waals surface area contributed by atoms with E-state index in [0.717, 1.165) is 19.5 Å². The summed E-state index contributed by atoms with van der Waals surface area (Å²) in [5.41, 5.74) is 4.20. The standard InChI is InChI=1S/C17H22N2S/c1-4-9-18-11-15-19-16-12-7-5-6-8-13(12)17(2,3)10-14(16)20-15/h5-8,18H,4,9-11H2,1-3H3. The maximum absolute atomic E-state index is 4.89. The third-order valence-electron chi connectivity index (χ3n) is 3.96. The fourth-order valence-electron chi connectivity index (χ4n) is 2.95. The molecule has 20 heavy (non-hydrogen) atoms. The van der Waals surface area contributed by atoms with Gasteiger partial charge in [0.1, 0.15) is 5.01 Å².